The maximum atomic E-state index is 12.1. The van der Waals surface area contributed by atoms with E-state index in [2.05, 4.69) is 79.2 Å². The number of unbranched alkanes of at least 4 members (excludes halogenated alkanes) is 22. The first-order valence-electron chi connectivity index (χ1n) is 30.5. The Morgan fingerprint density at radius 2 is 1.06 bits per heavy atom. The van der Waals surface area contributed by atoms with Crippen molar-refractivity contribution in [2.24, 2.45) is 10.8 Å². The van der Waals surface area contributed by atoms with Crippen LogP contribution in [0.2, 0.25) is 0 Å². The van der Waals surface area contributed by atoms with Gasteiger partial charge in [0.15, 0.2) is 0 Å². The van der Waals surface area contributed by atoms with Crippen molar-refractivity contribution in [1.82, 2.24) is 14.7 Å². The minimum Gasteiger partial charge on any atom is -0.461 e. The molecule has 1 saturated heterocycles. The van der Waals surface area contributed by atoms with Gasteiger partial charge in [0, 0.05) is 31.6 Å². The third-order valence-corrected chi connectivity index (χ3v) is 15.0. The van der Waals surface area contributed by atoms with E-state index in [0.29, 0.717) is 37.3 Å². The lowest BCUT2D eigenvalue weighted by molar-refractivity contribution is -0.148. The zero-order valence-electron chi connectivity index (χ0n) is 50.0. The average molecular weight is 1030 g/mol. The van der Waals surface area contributed by atoms with Gasteiger partial charge in [0.05, 0.1) is 39.1 Å². The summed E-state index contributed by atoms with van der Waals surface area (Å²) in [5.74, 6) is -0.136. The number of aliphatic hydroxyl groups excluding tert-OH is 1. The minimum absolute atomic E-state index is 0. The summed E-state index contributed by atoms with van der Waals surface area (Å²) in [5, 5.41) is 9.85. The number of likely N-dealkylation sites (tertiary alicyclic amines) is 1. The molecule has 72 heavy (non-hydrogen) atoms. The highest BCUT2D eigenvalue weighted by molar-refractivity contribution is 5.69. The largest absolute Gasteiger partial charge is 0.461 e. The van der Waals surface area contributed by atoms with Gasteiger partial charge in [-0.3, -0.25) is 14.6 Å². The first kappa shape index (κ1) is 75.1. The Bertz CT molecular complexity index is 1110. The van der Waals surface area contributed by atoms with Crippen LogP contribution in [0, 0.1) is 10.8 Å². The van der Waals surface area contributed by atoms with E-state index in [-0.39, 0.29) is 37.6 Å². The van der Waals surface area contributed by atoms with Crippen LogP contribution in [0.15, 0.2) is 0 Å². The van der Waals surface area contributed by atoms with Gasteiger partial charge in [-0.1, -0.05) is 237 Å². The summed E-state index contributed by atoms with van der Waals surface area (Å²) in [4.78, 5) is 26.8. The van der Waals surface area contributed by atoms with Crippen molar-refractivity contribution in [2.45, 2.75) is 319 Å². The molecular formula is C63H131N3O6. The maximum Gasteiger partial charge on any atom is 0.307 e. The van der Waals surface area contributed by atoms with Gasteiger partial charge < -0.3 is 29.0 Å². The van der Waals surface area contributed by atoms with Crippen LogP contribution in [0.3, 0.4) is 0 Å². The Hall–Kier alpha value is -1.10. The van der Waals surface area contributed by atoms with E-state index in [9.17, 15) is 9.90 Å². The van der Waals surface area contributed by atoms with Crippen LogP contribution >= 0.6 is 0 Å². The molecule has 0 aromatic carbocycles. The van der Waals surface area contributed by atoms with E-state index in [4.69, 9.17) is 19.0 Å². The molecule has 0 bridgehead atoms. The van der Waals surface area contributed by atoms with Gasteiger partial charge in [0.2, 0.25) is 0 Å². The fourth-order valence-electron chi connectivity index (χ4n) is 10.1. The van der Waals surface area contributed by atoms with Gasteiger partial charge in [-0.05, 0) is 83.5 Å². The van der Waals surface area contributed by atoms with Crippen LogP contribution in [-0.2, 0) is 23.8 Å². The Labute approximate surface area is 451 Å². The molecule has 1 heterocycles. The molecule has 1 aliphatic heterocycles. The summed E-state index contributed by atoms with van der Waals surface area (Å²) in [5.41, 5.74) is 0.485. The van der Waals surface area contributed by atoms with Crippen LogP contribution in [0.1, 0.15) is 294 Å². The zero-order valence-corrected chi connectivity index (χ0v) is 50.0. The summed E-state index contributed by atoms with van der Waals surface area (Å²) in [6.45, 7) is 27.9. The lowest BCUT2D eigenvalue weighted by atomic mass is 9.87. The van der Waals surface area contributed by atoms with Crippen molar-refractivity contribution >= 4 is 12.8 Å². The Kier molecular flexibility index (Phi) is 54.2. The second kappa shape index (κ2) is 52.0. The smallest absolute Gasteiger partial charge is 0.307 e. The minimum atomic E-state index is -0.136. The van der Waals surface area contributed by atoms with Crippen molar-refractivity contribution in [3.63, 3.8) is 0 Å². The van der Waals surface area contributed by atoms with Gasteiger partial charge in [0.1, 0.15) is 12.9 Å². The van der Waals surface area contributed by atoms with Crippen molar-refractivity contribution in [2.75, 3.05) is 67.3 Å². The van der Waals surface area contributed by atoms with Gasteiger partial charge in [-0.2, -0.15) is 0 Å². The number of esters is 1. The summed E-state index contributed by atoms with van der Waals surface area (Å²) in [6, 6.07) is 0.704. The molecule has 1 rings (SSSR count). The standard InChI is InChI=1S/C33H67N3O4.C28H58O.CH2O.CH4/c1-8-10-11-12-13-14-15-16-19-29(9-2)35(7)28-39-27-33(3,4)21-17-18-22-36-25-31(24-30(36)26-37)40-32(38)20-23-34(5)6;1-6-9-12-15-17-20-23-27(24-21-18-16-13-10-7-2)29-26-28(4,5)25-22-19-14-11-8-3;1-2;/h29-31,37H,8-28H2,1-7H3;27H,6-26H2,1-5H3;1H2;1H4/t29?,30-,31-;;;/m0.../s1. The number of aliphatic hydroxyl groups is 1. The molecular weight excluding hydrogens is 895 g/mol. The normalized spacial score (nSPS) is 15.6. The molecule has 0 saturated carbocycles. The molecule has 0 spiro atoms. The summed E-state index contributed by atoms with van der Waals surface area (Å²) >= 11 is 0. The molecule has 0 aliphatic carbocycles. The highest BCUT2D eigenvalue weighted by Crippen LogP contribution is 2.28. The molecule has 3 atom stereocenters. The third kappa shape index (κ3) is 46.2. The zero-order chi connectivity index (χ0) is 53.4. The van der Waals surface area contributed by atoms with Gasteiger partial charge in [-0.15, -0.1) is 0 Å². The van der Waals surface area contributed by atoms with Crippen LogP contribution in [-0.4, -0.2) is 124 Å². The molecule has 1 N–H and O–H groups in total. The van der Waals surface area contributed by atoms with E-state index in [1.54, 1.807) is 0 Å². The number of ether oxygens (including phenoxy) is 3. The molecule has 0 aromatic rings. The van der Waals surface area contributed by atoms with Gasteiger partial charge in [-0.25, -0.2) is 0 Å². The van der Waals surface area contributed by atoms with Crippen LogP contribution < -0.4 is 0 Å². The van der Waals surface area contributed by atoms with Gasteiger partial charge in [0.25, 0.3) is 0 Å². The number of carbonyl (C=O) groups excluding carboxylic acids is 2. The molecule has 9 nitrogen and oxygen atoms in total. The summed E-state index contributed by atoms with van der Waals surface area (Å²) in [6.07, 6.45) is 45.9. The fourth-order valence-corrected chi connectivity index (χ4v) is 10.1. The number of carbonyl (C=O) groups is 2. The highest BCUT2D eigenvalue weighted by atomic mass is 16.5. The third-order valence-electron chi connectivity index (χ3n) is 15.0. The number of hydrogen-bond acceptors (Lipinski definition) is 9. The maximum absolute atomic E-state index is 12.1. The predicted octanol–water partition coefficient (Wildman–Crippen LogP) is 17.0. The molecule has 0 aromatic heterocycles. The van der Waals surface area contributed by atoms with Crippen molar-refractivity contribution < 1.29 is 28.9 Å². The summed E-state index contributed by atoms with van der Waals surface area (Å²) in [7, 11) is 6.13. The van der Waals surface area contributed by atoms with E-state index in [1.807, 2.05) is 25.8 Å². The highest BCUT2D eigenvalue weighted by Gasteiger charge is 2.33. The molecule has 0 radical (unpaired) electrons. The predicted molar refractivity (Wildman–Crippen MR) is 314 cm³/mol. The van der Waals surface area contributed by atoms with Crippen molar-refractivity contribution in [3.05, 3.63) is 0 Å². The van der Waals surface area contributed by atoms with E-state index in [1.165, 1.54) is 193 Å². The quantitative estimate of drug-likeness (QED) is 0.0363. The van der Waals surface area contributed by atoms with E-state index < -0.39 is 0 Å². The molecule has 434 valence electrons. The van der Waals surface area contributed by atoms with Crippen molar-refractivity contribution in [1.29, 1.82) is 0 Å². The van der Waals surface area contributed by atoms with E-state index >= 15 is 0 Å². The number of rotatable bonds is 48. The lowest BCUT2D eigenvalue weighted by Crippen LogP contribution is -2.35. The van der Waals surface area contributed by atoms with Gasteiger partial charge >= 0.3 is 5.97 Å². The fraction of sp³-hybridized carbons (Fsp3) is 0.968. The number of nitrogens with zero attached hydrogens (tertiary/aromatic N) is 3. The average Bonchev–Trinajstić information content (AvgIpc) is 3.74. The first-order valence-corrected chi connectivity index (χ1v) is 30.5. The Balaban J connectivity index is -0.00000132. The molecule has 0 amide bonds. The molecule has 9 heteroatoms. The van der Waals surface area contributed by atoms with Crippen LogP contribution in [0.5, 0.6) is 0 Å². The lowest BCUT2D eigenvalue weighted by Gasteiger charge is -2.30. The first-order chi connectivity index (χ1) is 34.2. The Morgan fingerprint density at radius 3 is 1.51 bits per heavy atom. The molecule has 1 aliphatic rings. The van der Waals surface area contributed by atoms with Crippen LogP contribution in [0.25, 0.3) is 0 Å². The topological polar surface area (TPSA) is 91.8 Å². The Morgan fingerprint density at radius 1 is 0.625 bits per heavy atom. The van der Waals surface area contributed by atoms with E-state index in [0.717, 1.165) is 52.0 Å². The summed E-state index contributed by atoms with van der Waals surface area (Å²) < 4.78 is 18.4. The number of hydrogen-bond donors (Lipinski definition) is 1. The second-order valence-corrected chi connectivity index (χ2v) is 23.8. The van der Waals surface area contributed by atoms with Crippen molar-refractivity contribution in [3.8, 4) is 0 Å². The second-order valence-electron chi connectivity index (χ2n) is 23.8. The van der Waals surface area contributed by atoms with Crippen LogP contribution in [0.4, 0.5) is 0 Å². The molecule has 1 unspecified atom stereocenters. The molecule has 1 fully saturated rings. The SMILES string of the molecule is C.C=O.CCCCCCCCC(CCCCCCCC)OCC(C)(C)CCCCCCC.CCCCCCCCCCC(CC)N(C)COCC(C)(C)CCCCN1C[C@@H](OC(=O)CCN(C)C)C[C@H]1CO. The monoisotopic (exact) mass is 1030 g/mol.